The van der Waals surface area contributed by atoms with Crippen molar-refractivity contribution in [2.45, 2.75) is 21.2 Å². The number of nitrogens with zero attached hydrogens (tertiary/aromatic N) is 1. The van der Waals surface area contributed by atoms with Crippen molar-refractivity contribution < 1.29 is 30.2 Å². The SMILES string of the molecule is Cl.O=S(=O)(O)c1c(S(=O)(=O)c2ccccc2)[nH]c2nc(C(F)F)ccc12. The predicted molar refractivity (Wildman–Crippen MR) is 90.0 cm³/mol. The summed E-state index contributed by atoms with van der Waals surface area (Å²) >= 11 is 0. The van der Waals surface area contributed by atoms with Gasteiger partial charge in [0.1, 0.15) is 16.2 Å². The largest absolute Gasteiger partial charge is 0.329 e. The Hall–Kier alpha value is -2.08. The summed E-state index contributed by atoms with van der Waals surface area (Å²) in [5, 5.41) is -1.14. The molecule has 3 aromatic rings. The molecule has 0 spiro atoms. The molecule has 1 aromatic carbocycles. The third kappa shape index (κ3) is 3.43. The Morgan fingerprint density at radius 3 is 2.15 bits per heavy atom. The van der Waals surface area contributed by atoms with E-state index in [0.717, 1.165) is 12.1 Å². The molecule has 2 heterocycles. The van der Waals surface area contributed by atoms with Crippen LogP contribution >= 0.6 is 12.4 Å². The summed E-state index contributed by atoms with van der Waals surface area (Å²) < 4.78 is 83.9. The maximum absolute atomic E-state index is 12.8. The van der Waals surface area contributed by atoms with E-state index in [1.54, 1.807) is 6.07 Å². The third-order valence-electron chi connectivity index (χ3n) is 3.40. The predicted octanol–water partition coefficient (Wildman–Crippen LogP) is 3.00. The van der Waals surface area contributed by atoms with Crippen LogP contribution in [0.4, 0.5) is 8.78 Å². The van der Waals surface area contributed by atoms with Gasteiger partial charge in [0.05, 0.1) is 4.90 Å². The van der Waals surface area contributed by atoms with Gasteiger partial charge in [-0.2, -0.15) is 8.42 Å². The second-order valence-corrected chi connectivity index (χ2v) is 8.25. The summed E-state index contributed by atoms with van der Waals surface area (Å²) in [6.07, 6.45) is -2.93. The molecule has 0 atom stereocenters. The molecule has 0 aliphatic rings. The molecule has 0 amide bonds. The molecule has 26 heavy (non-hydrogen) atoms. The van der Waals surface area contributed by atoms with Gasteiger partial charge in [0.25, 0.3) is 16.5 Å². The Balaban J connectivity index is 0.00000243. The van der Waals surface area contributed by atoms with Crippen molar-refractivity contribution in [3.05, 3.63) is 48.2 Å². The van der Waals surface area contributed by atoms with Crippen LogP contribution in [-0.4, -0.2) is 31.4 Å². The van der Waals surface area contributed by atoms with Crippen LogP contribution in [0.15, 0.2) is 57.3 Å². The molecule has 0 aliphatic carbocycles. The van der Waals surface area contributed by atoms with Crippen molar-refractivity contribution in [2.75, 3.05) is 0 Å². The van der Waals surface area contributed by atoms with E-state index in [9.17, 15) is 30.2 Å². The number of sulfone groups is 1. The number of hydrogen-bond donors (Lipinski definition) is 2. The number of aromatic nitrogens is 2. The van der Waals surface area contributed by atoms with Gasteiger partial charge in [-0.1, -0.05) is 18.2 Å². The Morgan fingerprint density at radius 2 is 1.62 bits per heavy atom. The molecular weight excluding hydrogens is 414 g/mol. The number of rotatable bonds is 4. The number of pyridine rings is 1. The van der Waals surface area contributed by atoms with E-state index in [4.69, 9.17) is 0 Å². The van der Waals surface area contributed by atoms with Crippen LogP contribution in [0.2, 0.25) is 0 Å². The van der Waals surface area contributed by atoms with E-state index in [2.05, 4.69) is 9.97 Å². The second kappa shape index (κ2) is 6.91. The average Bonchev–Trinajstić information content (AvgIpc) is 2.95. The number of halogens is 3. The molecule has 0 radical (unpaired) electrons. The Kier molecular flexibility index (Phi) is 5.38. The van der Waals surface area contributed by atoms with Crippen LogP contribution in [0, 0.1) is 0 Å². The first kappa shape index (κ1) is 20.2. The van der Waals surface area contributed by atoms with E-state index in [-0.39, 0.29) is 28.3 Å². The standard InChI is InChI=1S/C14H10F2N2O5S2.ClH/c15-12(16)10-7-6-9-11(25(21,22)23)14(18-13(9)17-10)24(19,20)8-4-2-1-3-5-8;/h1-7,12H,(H,17,18)(H,21,22,23);1H. The van der Waals surface area contributed by atoms with Crippen LogP contribution in [0.5, 0.6) is 0 Å². The zero-order valence-corrected chi connectivity index (χ0v) is 15.1. The fraction of sp³-hybridized carbons (Fsp3) is 0.0714. The van der Waals surface area contributed by atoms with Crippen molar-refractivity contribution >= 4 is 43.4 Å². The van der Waals surface area contributed by atoms with Gasteiger partial charge >= 0.3 is 0 Å². The zero-order chi connectivity index (χ0) is 18.4. The van der Waals surface area contributed by atoms with Crippen LogP contribution in [-0.2, 0) is 20.0 Å². The van der Waals surface area contributed by atoms with Gasteiger partial charge in [0.15, 0.2) is 5.03 Å². The first-order valence-electron chi connectivity index (χ1n) is 6.71. The molecule has 0 unspecified atom stereocenters. The van der Waals surface area contributed by atoms with E-state index < -0.39 is 42.0 Å². The Labute approximate surface area is 153 Å². The minimum atomic E-state index is -4.98. The van der Waals surface area contributed by atoms with Gasteiger partial charge in [0.2, 0.25) is 9.84 Å². The van der Waals surface area contributed by atoms with Crippen LogP contribution in [0.1, 0.15) is 12.1 Å². The van der Waals surface area contributed by atoms with Crippen LogP contribution in [0.25, 0.3) is 11.0 Å². The lowest BCUT2D eigenvalue weighted by molar-refractivity contribution is 0.146. The number of nitrogens with one attached hydrogen (secondary N) is 1. The van der Waals surface area contributed by atoms with Crippen molar-refractivity contribution in [1.29, 1.82) is 0 Å². The van der Waals surface area contributed by atoms with Gasteiger partial charge in [-0.05, 0) is 24.3 Å². The maximum Gasteiger partial charge on any atom is 0.298 e. The van der Waals surface area contributed by atoms with Crippen LogP contribution < -0.4 is 0 Å². The molecule has 0 aliphatic heterocycles. The molecular formula is C14H11ClF2N2O5S2. The average molecular weight is 425 g/mol. The van der Waals surface area contributed by atoms with Gasteiger partial charge in [0, 0.05) is 5.39 Å². The lowest BCUT2D eigenvalue weighted by Crippen LogP contribution is -2.08. The van der Waals surface area contributed by atoms with E-state index >= 15 is 0 Å². The normalized spacial score (nSPS) is 12.3. The molecule has 2 aromatic heterocycles. The highest BCUT2D eigenvalue weighted by Crippen LogP contribution is 2.33. The van der Waals surface area contributed by atoms with E-state index in [1.807, 2.05) is 0 Å². The van der Waals surface area contributed by atoms with E-state index in [0.29, 0.717) is 0 Å². The molecule has 0 saturated carbocycles. The smallest absolute Gasteiger partial charge is 0.298 e. The minimum Gasteiger partial charge on any atom is -0.329 e. The number of H-pyrrole nitrogens is 1. The summed E-state index contributed by atoms with van der Waals surface area (Å²) in [6.45, 7) is 0. The summed E-state index contributed by atoms with van der Waals surface area (Å²) in [5.41, 5.74) is -1.06. The molecule has 0 bridgehead atoms. The summed E-state index contributed by atoms with van der Waals surface area (Å²) in [5.74, 6) is 0. The molecule has 0 fully saturated rings. The number of aromatic amines is 1. The highest BCUT2D eigenvalue weighted by atomic mass is 35.5. The fourth-order valence-electron chi connectivity index (χ4n) is 2.32. The molecule has 0 saturated heterocycles. The summed E-state index contributed by atoms with van der Waals surface area (Å²) in [4.78, 5) is 4.60. The van der Waals surface area contributed by atoms with Crippen molar-refractivity contribution in [3.63, 3.8) is 0 Å². The third-order valence-corrected chi connectivity index (χ3v) is 6.21. The summed E-state index contributed by atoms with van der Waals surface area (Å²) in [6, 6.07) is 8.69. The van der Waals surface area contributed by atoms with Crippen LogP contribution in [0.3, 0.4) is 0 Å². The fourth-order valence-corrected chi connectivity index (χ4v) is 5.03. The van der Waals surface area contributed by atoms with Gasteiger partial charge < -0.3 is 4.98 Å². The zero-order valence-electron chi connectivity index (χ0n) is 12.6. The lowest BCUT2D eigenvalue weighted by atomic mass is 10.3. The Bertz CT molecular complexity index is 1160. The van der Waals surface area contributed by atoms with Gasteiger partial charge in [-0.3, -0.25) is 4.55 Å². The van der Waals surface area contributed by atoms with Crippen molar-refractivity contribution in [2.24, 2.45) is 0 Å². The molecule has 2 N–H and O–H groups in total. The highest BCUT2D eigenvalue weighted by molar-refractivity contribution is 7.92. The maximum atomic E-state index is 12.8. The number of benzene rings is 1. The first-order valence-corrected chi connectivity index (χ1v) is 9.63. The first-order chi connectivity index (χ1) is 11.6. The minimum absolute atomic E-state index is 0. The van der Waals surface area contributed by atoms with Gasteiger partial charge in [-0.25, -0.2) is 22.2 Å². The second-order valence-electron chi connectivity index (χ2n) is 5.01. The molecule has 3 rings (SSSR count). The van der Waals surface area contributed by atoms with Crippen molar-refractivity contribution in [1.82, 2.24) is 9.97 Å². The highest BCUT2D eigenvalue weighted by Gasteiger charge is 2.32. The molecule has 140 valence electrons. The van der Waals surface area contributed by atoms with Crippen molar-refractivity contribution in [3.8, 4) is 0 Å². The number of fused-ring (bicyclic) bond motifs is 1. The lowest BCUT2D eigenvalue weighted by Gasteiger charge is -2.04. The number of hydrogen-bond acceptors (Lipinski definition) is 5. The quantitative estimate of drug-likeness (QED) is 0.622. The van der Waals surface area contributed by atoms with E-state index in [1.165, 1.54) is 24.3 Å². The molecule has 12 heteroatoms. The number of alkyl halides is 2. The molecule has 7 nitrogen and oxygen atoms in total. The van der Waals surface area contributed by atoms with Gasteiger partial charge in [-0.15, -0.1) is 12.4 Å². The summed E-state index contributed by atoms with van der Waals surface area (Å²) in [7, 11) is -9.35. The Morgan fingerprint density at radius 1 is 1.00 bits per heavy atom. The topological polar surface area (TPSA) is 117 Å². The monoisotopic (exact) mass is 424 g/mol.